The van der Waals surface area contributed by atoms with E-state index in [4.69, 9.17) is 0 Å². The van der Waals surface area contributed by atoms with Crippen molar-refractivity contribution in [1.82, 2.24) is 5.32 Å². The Balaban J connectivity index is 2.17. The van der Waals surface area contributed by atoms with Crippen molar-refractivity contribution in [2.75, 3.05) is 5.33 Å². The van der Waals surface area contributed by atoms with Crippen molar-refractivity contribution in [2.24, 2.45) is 0 Å². The summed E-state index contributed by atoms with van der Waals surface area (Å²) in [7, 11) is 0. The van der Waals surface area contributed by atoms with E-state index in [2.05, 4.69) is 27.3 Å². The van der Waals surface area contributed by atoms with E-state index in [1.807, 2.05) is 56.3 Å². The molecule has 104 valence electrons. The van der Waals surface area contributed by atoms with E-state index in [-0.39, 0.29) is 11.9 Å². The van der Waals surface area contributed by atoms with Crippen molar-refractivity contribution in [3.8, 4) is 0 Å². The first-order valence-corrected chi connectivity index (χ1v) is 7.72. The topological polar surface area (TPSA) is 29.1 Å². The van der Waals surface area contributed by atoms with Gasteiger partial charge in [0.05, 0.1) is 6.04 Å². The molecule has 3 heteroatoms. The largest absolute Gasteiger partial charge is 0.344 e. The Kier molecular flexibility index (Phi) is 4.96. The molecule has 1 amide bonds. The molecule has 0 aromatic heterocycles. The molecule has 2 aromatic carbocycles. The Labute approximate surface area is 128 Å². The predicted molar refractivity (Wildman–Crippen MR) is 86.4 cm³/mol. The molecule has 0 bridgehead atoms. The fourth-order valence-corrected chi connectivity index (χ4v) is 2.78. The van der Waals surface area contributed by atoms with Gasteiger partial charge in [-0.2, -0.15) is 0 Å². The van der Waals surface area contributed by atoms with Gasteiger partial charge in [-0.05, 0) is 31.5 Å². The van der Waals surface area contributed by atoms with Crippen molar-refractivity contribution < 1.29 is 4.79 Å². The maximum Gasteiger partial charge on any atom is 0.251 e. The number of carbonyl (C=O) groups excluding carboxylic acids is 1. The Morgan fingerprint density at radius 1 is 1.10 bits per heavy atom. The summed E-state index contributed by atoms with van der Waals surface area (Å²) in [5.41, 5.74) is 4.02. The number of hydrogen-bond donors (Lipinski definition) is 1. The minimum absolute atomic E-state index is 0.0236. The summed E-state index contributed by atoms with van der Waals surface area (Å²) in [5.74, 6) is -0.0369. The Hall–Kier alpha value is -1.61. The van der Waals surface area contributed by atoms with Gasteiger partial charge in [0.15, 0.2) is 0 Å². The average Bonchev–Trinajstić information content (AvgIpc) is 2.44. The molecule has 0 saturated carbocycles. The summed E-state index contributed by atoms with van der Waals surface area (Å²) in [4.78, 5) is 12.4. The molecule has 0 aliphatic heterocycles. The van der Waals surface area contributed by atoms with Crippen LogP contribution in [0.1, 0.15) is 33.1 Å². The number of aryl methyl sites for hydroxylation is 2. The number of carbonyl (C=O) groups is 1. The number of nitrogens with one attached hydrogen (secondary N) is 1. The minimum atomic E-state index is -0.0369. The summed E-state index contributed by atoms with van der Waals surface area (Å²) in [5, 5.41) is 3.76. The second kappa shape index (κ2) is 6.71. The summed E-state index contributed by atoms with van der Waals surface area (Å²) in [6.45, 7) is 4.01. The summed E-state index contributed by atoms with van der Waals surface area (Å²) in [6.07, 6.45) is 0. The second-order valence-corrected chi connectivity index (χ2v) is 5.61. The monoisotopic (exact) mass is 331 g/mol. The first-order valence-electron chi connectivity index (χ1n) is 6.60. The van der Waals surface area contributed by atoms with Crippen molar-refractivity contribution in [1.29, 1.82) is 0 Å². The molecule has 2 rings (SSSR count). The third-order valence-electron chi connectivity index (χ3n) is 3.15. The lowest BCUT2D eigenvalue weighted by Gasteiger charge is -2.17. The number of alkyl halides is 1. The third kappa shape index (κ3) is 3.70. The maximum atomic E-state index is 12.4. The van der Waals surface area contributed by atoms with Crippen molar-refractivity contribution >= 4 is 21.8 Å². The zero-order valence-corrected chi connectivity index (χ0v) is 13.3. The highest BCUT2D eigenvalue weighted by molar-refractivity contribution is 9.09. The molecule has 2 nitrogen and oxygen atoms in total. The smallest absolute Gasteiger partial charge is 0.251 e. The van der Waals surface area contributed by atoms with Crippen LogP contribution in [0, 0.1) is 13.8 Å². The molecule has 0 heterocycles. The van der Waals surface area contributed by atoms with Crippen LogP contribution in [-0.4, -0.2) is 11.2 Å². The lowest BCUT2D eigenvalue weighted by Crippen LogP contribution is -2.29. The van der Waals surface area contributed by atoms with Gasteiger partial charge in [-0.25, -0.2) is 0 Å². The molecule has 0 fully saturated rings. The quantitative estimate of drug-likeness (QED) is 0.837. The van der Waals surface area contributed by atoms with E-state index < -0.39 is 0 Å². The summed E-state index contributed by atoms with van der Waals surface area (Å²) >= 11 is 3.47. The van der Waals surface area contributed by atoms with Crippen LogP contribution in [0.25, 0.3) is 0 Å². The van der Waals surface area contributed by atoms with Crippen LogP contribution in [0.3, 0.4) is 0 Å². The molecule has 0 aliphatic rings. The van der Waals surface area contributed by atoms with E-state index in [9.17, 15) is 4.79 Å². The van der Waals surface area contributed by atoms with Crippen LogP contribution in [0.5, 0.6) is 0 Å². The van der Waals surface area contributed by atoms with Gasteiger partial charge >= 0.3 is 0 Å². The average molecular weight is 332 g/mol. The van der Waals surface area contributed by atoms with Gasteiger partial charge < -0.3 is 5.32 Å². The van der Waals surface area contributed by atoms with Gasteiger partial charge in [-0.1, -0.05) is 63.5 Å². The van der Waals surface area contributed by atoms with Crippen LogP contribution in [-0.2, 0) is 0 Å². The molecule has 1 N–H and O–H groups in total. The lowest BCUT2D eigenvalue weighted by atomic mass is 10.1. The van der Waals surface area contributed by atoms with E-state index in [1.54, 1.807) is 0 Å². The Morgan fingerprint density at radius 3 is 2.25 bits per heavy atom. The molecule has 0 aliphatic carbocycles. The maximum absolute atomic E-state index is 12.4. The van der Waals surface area contributed by atoms with Gasteiger partial charge in [0.2, 0.25) is 0 Å². The Morgan fingerprint density at radius 2 is 1.70 bits per heavy atom. The molecule has 2 aromatic rings. The minimum Gasteiger partial charge on any atom is -0.344 e. The first-order chi connectivity index (χ1) is 9.60. The number of rotatable bonds is 4. The highest BCUT2D eigenvalue weighted by Crippen LogP contribution is 2.16. The number of hydrogen-bond acceptors (Lipinski definition) is 1. The van der Waals surface area contributed by atoms with Gasteiger partial charge in [-0.15, -0.1) is 0 Å². The molecule has 20 heavy (non-hydrogen) atoms. The van der Waals surface area contributed by atoms with Crippen LogP contribution in [0.4, 0.5) is 0 Å². The molecule has 0 saturated heterocycles. The SMILES string of the molecule is Cc1cc(C)cc(C(=O)NC(CBr)c2ccccc2)c1. The number of amides is 1. The normalized spacial score (nSPS) is 11.9. The highest BCUT2D eigenvalue weighted by atomic mass is 79.9. The molecule has 1 unspecified atom stereocenters. The van der Waals surface area contributed by atoms with Gasteiger partial charge in [0, 0.05) is 10.9 Å². The molecule has 0 radical (unpaired) electrons. The number of halogens is 1. The van der Waals surface area contributed by atoms with Crippen LogP contribution >= 0.6 is 15.9 Å². The Bertz CT molecular complexity index is 575. The van der Waals surface area contributed by atoms with E-state index in [1.165, 1.54) is 0 Å². The zero-order valence-electron chi connectivity index (χ0n) is 11.7. The molecule has 0 spiro atoms. The van der Waals surface area contributed by atoms with Crippen molar-refractivity contribution in [2.45, 2.75) is 19.9 Å². The van der Waals surface area contributed by atoms with E-state index in [0.29, 0.717) is 10.9 Å². The molecular formula is C17H18BrNO. The predicted octanol–water partition coefficient (Wildman–Crippen LogP) is 4.17. The lowest BCUT2D eigenvalue weighted by molar-refractivity contribution is 0.0940. The zero-order chi connectivity index (χ0) is 14.5. The fourth-order valence-electron chi connectivity index (χ4n) is 2.24. The standard InChI is InChI=1S/C17H18BrNO/c1-12-8-13(2)10-15(9-12)17(20)19-16(11-18)14-6-4-3-5-7-14/h3-10,16H,11H2,1-2H3,(H,19,20). The first kappa shape index (κ1) is 14.8. The van der Waals surface area contributed by atoms with Crippen molar-refractivity contribution in [3.63, 3.8) is 0 Å². The van der Waals surface area contributed by atoms with Gasteiger partial charge in [0.1, 0.15) is 0 Å². The van der Waals surface area contributed by atoms with E-state index >= 15 is 0 Å². The summed E-state index contributed by atoms with van der Waals surface area (Å²) < 4.78 is 0. The third-order valence-corrected chi connectivity index (χ3v) is 3.79. The van der Waals surface area contributed by atoms with Crippen LogP contribution in [0.2, 0.25) is 0 Å². The summed E-state index contributed by atoms with van der Waals surface area (Å²) in [6, 6.07) is 15.8. The highest BCUT2D eigenvalue weighted by Gasteiger charge is 2.14. The van der Waals surface area contributed by atoms with Crippen LogP contribution in [0.15, 0.2) is 48.5 Å². The van der Waals surface area contributed by atoms with Gasteiger partial charge in [0.25, 0.3) is 5.91 Å². The second-order valence-electron chi connectivity index (χ2n) is 4.97. The molecular weight excluding hydrogens is 314 g/mol. The van der Waals surface area contributed by atoms with Gasteiger partial charge in [-0.3, -0.25) is 4.79 Å². The fraction of sp³-hybridized carbons (Fsp3) is 0.235. The van der Waals surface area contributed by atoms with Crippen molar-refractivity contribution in [3.05, 3.63) is 70.8 Å². The molecule has 1 atom stereocenters. The number of benzene rings is 2. The van der Waals surface area contributed by atoms with E-state index in [0.717, 1.165) is 16.7 Å². The van der Waals surface area contributed by atoms with Crippen LogP contribution < -0.4 is 5.32 Å².